The van der Waals surface area contributed by atoms with Gasteiger partial charge in [0, 0.05) is 13.1 Å². The SMILES string of the molecule is CCCCN(C(=O)Cc1cccc(C(F)(F)F)c1)c1c(N)n(CC(C)C)c(=O)[nH]c1=O. The normalized spacial score (nSPS) is 11.7. The number of nitrogens with one attached hydrogen (secondary N) is 1. The Kier molecular flexibility index (Phi) is 7.70. The minimum atomic E-state index is -4.53. The minimum Gasteiger partial charge on any atom is -0.383 e. The first-order valence-corrected chi connectivity index (χ1v) is 10.0. The Hall–Kier alpha value is -3.04. The van der Waals surface area contributed by atoms with Gasteiger partial charge in [-0.05, 0) is 24.0 Å². The van der Waals surface area contributed by atoms with Gasteiger partial charge in [0.05, 0.1) is 12.0 Å². The fraction of sp³-hybridized carbons (Fsp3) is 0.476. The molecule has 0 fully saturated rings. The van der Waals surface area contributed by atoms with E-state index >= 15 is 0 Å². The Morgan fingerprint density at radius 2 is 1.94 bits per heavy atom. The molecule has 2 rings (SSSR count). The molecule has 0 spiro atoms. The molecule has 1 aromatic carbocycles. The summed E-state index contributed by atoms with van der Waals surface area (Å²) in [4.78, 5) is 41.1. The molecule has 0 saturated carbocycles. The molecule has 3 N–H and O–H groups in total. The van der Waals surface area contributed by atoms with Crippen molar-refractivity contribution in [3.8, 4) is 0 Å². The van der Waals surface area contributed by atoms with Crippen LogP contribution in [0.3, 0.4) is 0 Å². The molecule has 1 heterocycles. The number of nitrogens with zero attached hydrogens (tertiary/aromatic N) is 2. The van der Waals surface area contributed by atoms with Crippen molar-refractivity contribution in [1.29, 1.82) is 0 Å². The smallest absolute Gasteiger partial charge is 0.383 e. The van der Waals surface area contributed by atoms with Gasteiger partial charge < -0.3 is 10.6 Å². The van der Waals surface area contributed by atoms with Gasteiger partial charge in [0.1, 0.15) is 5.82 Å². The number of benzene rings is 1. The van der Waals surface area contributed by atoms with Crippen molar-refractivity contribution in [2.45, 2.75) is 52.8 Å². The number of H-pyrrole nitrogens is 1. The lowest BCUT2D eigenvalue weighted by Gasteiger charge is -2.25. The van der Waals surface area contributed by atoms with Crippen molar-refractivity contribution in [1.82, 2.24) is 9.55 Å². The van der Waals surface area contributed by atoms with Crippen molar-refractivity contribution in [3.63, 3.8) is 0 Å². The number of aromatic nitrogens is 2. The number of carbonyl (C=O) groups excluding carboxylic acids is 1. The first kappa shape index (κ1) is 24.2. The molecule has 0 atom stereocenters. The van der Waals surface area contributed by atoms with E-state index in [4.69, 9.17) is 5.73 Å². The molecule has 170 valence electrons. The number of anilines is 2. The van der Waals surface area contributed by atoms with E-state index < -0.39 is 28.9 Å². The van der Waals surface area contributed by atoms with Gasteiger partial charge in [-0.3, -0.25) is 19.1 Å². The molecule has 0 radical (unpaired) electrons. The zero-order chi connectivity index (χ0) is 23.3. The average Bonchev–Trinajstić information content (AvgIpc) is 2.66. The molecule has 0 unspecified atom stereocenters. The maximum absolute atomic E-state index is 13.1. The summed E-state index contributed by atoms with van der Waals surface area (Å²) in [5, 5.41) is 0. The molecule has 2 aromatic rings. The summed E-state index contributed by atoms with van der Waals surface area (Å²) < 4.78 is 40.2. The number of aromatic amines is 1. The number of nitrogen functional groups attached to an aromatic ring is 1. The van der Waals surface area contributed by atoms with Crippen LogP contribution in [-0.2, 0) is 23.9 Å². The van der Waals surface area contributed by atoms with Crippen LogP contribution in [0, 0.1) is 5.92 Å². The van der Waals surface area contributed by atoms with Crippen molar-refractivity contribution >= 4 is 17.4 Å². The third-order valence-electron chi connectivity index (χ3n) is 4.68. The Morgan fingerprint density at radius 3 is 2.52 bits per heavy atom. The molecule has 0 aliphatic rings. The maximum atomic E-state index is 13.1. The Morgan fingerprint density at radius 1 is 1.26 bits per heavy atom. The van der Waals surface area contributed by atoms with Crippen LogP contribution in [0.5, 0.6) is 0 Å². The molecule has 0 bridgehead atoms. The number of halogens is 3. The number of alkyl halides is 3. The molecule has 31 heavy (non-hydrogen) atoms. The van der Waals surface area contributed by atoms with Crippen LogP contribution in [0.15, 0.2) is 33.9 Å². The molecule has 0 aliphatic heterocycles. The topological polar surface area (TPSA) is 101 Å². The third kappa shape index (κ3) is 5.99. The van der Waals surface area contributed by atoms with Gasteiger partial charge in [-0.15, -0.1) is 0 Å². The van der Waals surface area contributed by atoms with E-state index in [2.05, 4.69) is 4.98 Å². The van der Waals surface area contributed by atoms with Crippen LogP contribution in [0.25, 0.3) is 0 Å². The third-order valence-corrected chi connectivity index (χ3v) is 4.68. The molecular formula is C21H27F3N4O3. The van der Waals surface area contributed by atoms with Crippen molar-refractivity contribution < 1.29 is 18.0 Å². The molecule has 1 aromatic heterocycles. The first-order valence-electron chi connectivity index (χ1n) is 10.0. The van der Waals surface area contributed by atoms with Gasteiger partial charge in [-0.1, -0.05) is 45.4 Å². The Bertz CT molecular complexity index is 1040. The van der Waals surface area contributed by atoms with Crippen molar-refractivity contribution in [3.05, 3.63) is 56.2 Å². The van der Waals surface area contributed by atoms with Crippen LogP contribution >= 0.6 is 0 Å². The number of hydrogen-bond acceptors (Lipinski definition) is 4. The number of unbranched alkanes of at least 4 members (excludes halogenated alkanes) is 1. The van der Waals surface area contributed by atoms with Crippen molar-refractivity contribution in [2.24, 2.45) is 5.92 Å². The van der Waals surface area contributed by atoms with Crippen LogP contribution in [0.1, 0.15) is 44.7 Å². The summed E-state index contributed by atoms with van der Waals surface area (Å²) in [7, 11) is 0. The lowest BCUT2D eigenvalue weighted by molar-refractivity contribution is -0.137. The lowest BCUT2D eigenvalue weighted by Crippen LogP contribution is -2.42. The summed E-state index contributed by atoms with van der Waals surface area (Å²) >= 11 is 0. The first-order chi connectivity index (χ1) is 14.5. The van der Waals surface area contributed by atoms with E-state index in [9.17, 15) is 27.6 Å². The second kappa shape index (κ2) is 9.84. The molecule has 0 saturated heterocycles. The van der Waals surface area contributed by atoms with E-state index in [1.807, 2.05) is 20.8 Å². The van der Waals surface area contributed by atoms with Gasteiger partial charge in [0.25, 0.3) is 5.56 Å². The van der Waals surface area contributed by atoms with Crippen LogP contribution in [0.2, 0.25) is 0 Å². The average molecular weight is 440 g/mol. The van der Waals surface area contributed by atoms with Crippen LogP contribution < -0.4 is 21.9 Å². The van der Waals surface area contributed by atoms with Gasteiger partial charge in [0.2, 0.25) is 5.91 Å². The highest BCUT2D eigenvalue weighted by Crippen LogP contribution is 2.30. The summed E-state index contributed by atoms with van der Waals surface area (Å²) in [6.45, 7) is 6.00. The quantitative estimate of drug-likeness (QED) is 0.658. The summed E-state index contributed by atoms with van der Waals surface area (Å²) in [6, 6.07) is 4.47. The van der Waals surface area contributed by atoms with E-state index in [-0.39, 0.29) is 42.5 Å². The summed E-state index contributed by atoms with van der Waals surface area (Å²) in [6.07, 6.45) is -3.64. The maximum Gasteiger partial charge on any atom is 0.416 e. The molecule has 1 amide bonds. The largest absolute Gasteiger partial charge is 0.416 e. The van der Waals surface area contributed by atoms with Crippen LogP contribution in [0.4, 0.5) is 24.7 Å². The van der Waals surface area contributed by atoms with Gasteiger partial charge in [-0.2, -0.15) is 13.2 Å². The lowest BCUT2D eigenvalue weighted by atomic mass is 10.1. The van der Waals surface area contributed by atoms with Gasteiger partial charge >= 0.3 is 11.9 Å². The number of rotatable bonds is 8. The fourth-order valence-corrected chi connectivity index (χ4v) is 3.19. The van der Waals surface area contributed by atoms with E-state index in [1.165, 1.54) is 16.7 Å². The van der Waals surface area contributed by atoms with E-state index in [0.29, 0.717) is 12.8 Å². The van der Waals surface area contributed by atoms with Crippen LogP contribution in [-0.4, -0.2) is 22.0 Å². The minimum absolute atomic E-state index is 0.0450. The van der Waals surface area contributed by atoms with Gasteiger partial charge in [-0.25, -0.2) is 4.79 Å². The fourth-order valence-electron chi connectivity index (χ4n) is 3.19. The molecular weight excluding hydrogens is 413 g/mol. The molecule has 7 nitrogen and oxygen atoms in total. The zero-order valence-corrected chi connectivity index (χ0v) is 17.8. The predicted octanol–water partition coefficient (Wildman–Crippen LogP) is 3.17. The molecule has 10 heteroatoms. The highest BCUT2D eigenvalue weighted by molar-refractivity contribution is 5.96. The van der Waals surface area contributed by atoms with Gasteiger partial charge in [0.15, 0.2) is 5.69 Å². The number of amides is 1. The second-order valence-electron chi connectivity index (χ2n) is 7.77. The van der Waals surface area contributed by atoms with E-state index in [0.717, 1.165) is 17.0 Å². The highest BCUT2D eigenvalue weighted by Gasteiger charge is 2.31. The summed E-state index contributed by atoms with van der Waals surface area (Å²) in [5.74, 6) is -0.681. The molecule has 0 aliphatic carbocycles. The van der Waals surface area contributed by atoms with E-state index in [1.54, 1.807) is 0 Å². The highest BCUT2D eigenvalue weighted by atomic mass is 19.4. The number of carbonyl (C=O) groups is 1. The zero-order valence-electron chi connectivity index (χ0n) is 17.8. The summed E-state index contributed by atoms with van der Waals surface area (Å²) in [5.41, 5.74) is 3.77. The second-order valence-corrected chi connectivity index (χ2v) is 7.77. The van der Waals surface area contributed by atoms with Crippen molar-refractivity contribution in [2.75, 3.05) is 17.2 Å². The number of nitrogens with two attached hydrogens (primary N) is 1. The standard InChI is InChI=1S/C21H27F3N4O3/c1-4-5-9-27(16(29)11-14-7-6-8-15(10-14)21(22,23)24)17-18(25)28(12-13(2)3)20(31)26-19(17)30/h6-8,10,13H,4-5,9,11-12,25H2,1-3H3,(H,26,30,31). The monoisotopic (exact) mass is 440 g/mol. The predicted molar refractivity (Wildman–Crippen MR) is 113 cm³/mol. The Labute approximate surface area is 177 Å². The number of hydrogen-bond donors (Lipinski definition) is 2. The Balaban J connectivity index is 2.48.